The molecule has 0 bridgehead atoms. The first-order chi connectivity index (χ1) is 9.38. The highest BCUT2D eigenvalue weighted by molar-refractivity contribution is 5.74. The van der Waals surface area contributed by atoms with Crippen molar-refractivity contribution in [2.45, 2.75) is 19.5 Å². The van der Waals surface area contributed by atoms with Crippen LogP contribution in [0.1, 0.15) is 24.5 Å². The topological polar surface area (TPSA) is 64.3 Å². The van der Waals surface area contributed by atoms with Gasteiger partial charge in [-0.1, -0.05) is 18.2 Å². The summed E-state index contributed by atoms with van der Waals surface area (Å²) in [6, 6.07) is 3.13. The normalized spacial score (nSPS) is 11.7. The first kappa shape index (κ1) is 16.0. The van der Waals surface area contributed by atoms with E-state index in [-0.39, 0.29) is 18.7 Å². The van der Waals surface area contributed by atoms with E-state index in [1.807, 2.05) is 0 Å². The largest absolute Gasteiger partial charge is 0.466 e. The van der Waals surface area contributed by atoms with Gasteiger partial charge in [-0.15, -0.1) is 0 Å². The molecule has 0 amide bonds. The van der Waals surface area contributed by atoms with E-state index >= 15 is 0 Å². The number of halogens is 3. The van der Waals surface area contributed by atoms with Crippen LogP contribution in [-0.2, 0) is 15.7 Å². The first-order valence-electron chi connectivity index (χ1n) is 5.88. The molecule has 0 aliphatic carbocycles. The summed E-state index contributed by atoms with van der Waals surface area (Å²) in [5.41, 5.74) is 1.98. The molecule has 0 saturated carbocycles. The number of carbonyl (C=O) groups is 1. The number of nitrogen functional groups attached to an aromatic ring is 1. The molecule has 0 atom stereocenters. The van der Waals surface area contributed by atoms with Crippen molar-refractivity contribution in [1.82, 2.24) is 0 Å². The number of anilines is 1. The van der Waals surface area contributed by atoms with E-state index in [9.17, 15) is 18.0 Å². The van der Waals surface area contributed by atoms with Gasteiger partial charge in [0.2, 0.25) is 0 Å². The van der Waals surface area contributed by atoms with Gasteiger partial charge in [-0.2, -0.15) is 13.2 Å². The maximum Gasteiger partial charge on any atom is 0.416 e. The minimum atomic E-state index is -4.43. The van der Waals surface area contributed by atoms with Crippen LogP contribution in [0.3, 0.4) is 0 Å². The highest BCUT2D eigenvalue weighted by Gasteiger charge is 2.30. The Balaban J connectivity index is 2.86. The number of carbonyl (C=O) groups excluding carboxylic acids is 1. The van der Waals surface area contributed by atoms with Gasteiger partial charge >= 0.3 is 12.1 Å². The number of ether oxygens (including phenoxy) is 1. The van der Waals surface area contributed by atoms with Gasteiger partial charge in [-0.05, 0) is 24.6 Å². The van der Waals surface area contributed by atoms with Crippen LogP contribution in [0.25, 0.3) is 6.08 Å². The van der Waals surface area contributed by atoms with Gasteiger partial charge in [0.05, 0.1) is 24.3 Å². The van der Waals surface area contributed by atoms with Gasteiger partial charge in [0.15, 0.2) is 0 Å². The van der Waals surface area contributed by atoms with Crippen molar-refractivity contribution in [2.24, 2.45) is 5.84 Å². The molecule has 0 heterocycles. The predicted octanol–water partition coefficient (Wildman–Crippen LogP) is 2.96. The molecule has 1 aromatic rings. The average Bonchev–Trinajstić information content (AvgIpc) is 2.38. The summed E-state index contributed by atoms with van der Waals surface area (Å²) in [7, 11) is 0. The van der Waals surface area contributed by atoms with Crippen molar-refractivity contribution in [1.29, 1.82) is 0 Å². The van der Waals surface area contributed by atoms with Crippen LogP contribution in [0, 0.1) is 0 Å². The number of benzene rings is 1. The Morgan fingerprint density at radius 1 is 1.45 bits per heavy atom. The third kappa shape index (κ3) is 4.58. The van der Waals surface area contributed by atoms with Crippen LogP contribution in [0.5, 0.6) is 0 Å². The smallest absolute Gasteiger partial charge is 0.416 e. The van der Waals surface area contributed by atoms with Crippen molar-refractivity contribution in [3.8, 4) is 0 Å². The maximum atomic E-state index is 12.5. The summed E-state index contributed by atoms with van der Waals surface area (Å²) in [6.45, 7) is 1.97. The van der Waals surface area contributed by atoms with E-state index in [1.165, 1.54) is 18.2 Å². The molecule has 20 heavy (non-hydrogen) atoms. The van der Waals surface area contributed by atoms with Crippen molar-refractivity contribution in [3.05, 3.63) is 35.4 Å². The van der Waals surface area contributed by atoms with Gasteiger partial charge in [-0.25, -0.2) is 0 Å². The van der Waals surface area contributed by atoms with Gasteiger partial charge < -0.3 is 10.2 Å². The number of nitrogens with one attached hydrogen (secondary N) is 1. The lowest BCUT2D eigenvalue weighted by atomic mass is 10.1. The Hall–Kier alpha value is -2.02. The van der Waals surface area contributed by atoms with Crippen LogP contribution in [0.4, 0.5) is 18.9 Å². The molecule has 0 spiro atoms. The number of hydrazine groups is 1. The predicted molar refractivity (Wildman–Crippen MR) is 69.5 cm³/mol. The quantitative estimate of drug-likeness (QED) is 0.497. The van der Waals surface area contributed by atoms with E-state index in [0.29, 0.717) is 5.56 Å². The molecular formula is C13H15F3N2O2. The highest BCUT2D eigenvalue weighted by atomic mass is 19.4. The second-order valence-corrected chi connectivity index (χ2v) is 3.86. The summed E-state index contributed by atoms with van der Waals surface area (Å²) in [6.07, 6.45) is -1.38. The number of nitrogens with two attached hydrogens (primary N) is 1. The Kier molecular flexibility index (Phi) is 5.57. The molecule has 110 valence electrons. The average molecular weight is 288 g/mol. The molecule has 7 heteroatoms. The van der Waals surface area contributed by atoms with Crippen LogP contribution in [0.15, 0.2) is 24.3 Å². The molecule has 0 aliphatic rings. The minimum Gasteiger partial charge on any atom is -0.466 e. The SMILES string of the molecule is CCOC(=O)CC=Cc1ccc(C(F)(F)F)cc1NN. The fourth-order valence-corrected chi connectivity index (χ4v) is 1.50. The Morgan fingerprint density at radius 3 is 2.70 bits per heavy atom. The van der Waals surface area contributed by atoms with Crippen molar-refractivity contribution >= 4 is 17.7 Å². The molecule has 0 unspecified atom stereocenters. The summed E-state index contributed by atoms with van der Waals surface area (Å²) in [5.74, 6) is 4.79. The Bertz CT molecular complexity index is 499. The highest BCUT2D eigenvalue weighted by Crippen LogP contribution is 2.32. The zero-order valence-electron chi connectivity index (χ0n) is 10.8. The minimum absolute atomic E-state index is 0.0405. The molecule has 4 nitrogen and oxygen atoms in total. The van der Waals surface area contributed by atoms with Crippen molar-refractivity contribution in [2.75, 3.05) is 12.0 Å². The fraction of sp³-hybridized carbons (Fsp3) is 0.308. The first-order valence-corrected chi connectivity index (χ1v) is 5.88. The zero-order valence-corrected chi connectivity index (χ0v) is 10.8. The van der Waals surface area contributed by atoms with Crippen LogP contribution in [0.2, 0.25) is 0 Å². The van der Waals surface area contributed by atoms with Crippen molar-refractivity contribution < 1.29 is 22.7 Å². The number of hydrogen-bond donors (Lipinski definition) is 2. The maximum absolute atomic E-state index is 12.5. The standard InChI is InChI=1S/C13H15F3N2O2/c1-2-20-12(19)5-3-4-9-6-7-10(13(14,15)16)8-11(9)18-17/h3-4,6-8,18H,2,5,17H2,1H3. The molecule has 1 aromatic carbocycles. The molecule has 0 aliphatic heterocycles. The van der Waals surface area contributed by atoms with Crippen LogP contribution in [-0.4, -0.2) is 12.6 Å². The number of esters is 1. The molecule has 0 aromatic heterocycles. The summed E-state index contributed by atoms with van der Waals surface area (Å²) in [4.78, 5) is 11.1. The number of rotatable bonds is 5. The Morgan fingerprint density at radius 2 is 2.15 bits per heavy atom. The van der Waals surface area contributed by atoms with Crippen LogP contribution >= 0.6 is 0 Å². The summed E-state index contributed by atoms with van der Waals surface area (Å²) >= 11 is 0. The monoisotopic (exact) mass is 288 g/mol. The molecule has 1 rings (SSSR count). The van der Waals surface area contributed by atoms with E-state index in [0.717, 1.165) is 12.1 Å². The van der Waals surface area contributed by atoms with Gasteiger partial charge in [0, 0.05) is 0 Å². The fourth-order valence-electron chi connectivity index (χ4n) is 1.50. The second-order valence-electron chi connectivity index (χ2n) is 3.86. The Labute approximate surface area is 114 Å². The molecule has 0 fully saturated rings. The lowest BCUT2D eigenvalue weighted by Crippen LogP contribution is -2.11. The van der Waals surface area contributed by atoms with Gasteiger partial charge in [-0.3, -0.25) is 10.6 Å². The molecular weight excluding hydrogens is 273 g/mol. The van der Waals surface area contributed by atoms with Crippen LogP contribution < -0.4 is 11.3 Å². The third-order valence-corrected chi connectivity index (χ3v) is 2.42. The van der Waals surface area contributed by atoms with E-state index in [4.69, 9.17) is 10.6 Å². The van der Waals surface area contributed by atoms with E-state index in [2.05, 4.69) is 5.43 Å². The summed E-state index contributed by atoms with van der Waals surface area (Å²) in [5, 5.41) is 0. The lowest BCUT2D eigenvalue weighted by molar-refractivity contribution is -0.142. The molecule has 0 saturated heterocycles. The molecule has 3 N–H and O–H groups in total. The van der Waals surface area contributed by atoms with E-state index < -0.39 is 17.7 Å². The number of alkyl halides is 3. The van der Waals surface area contributed by atoms with Crippen molar-refractivity contribution in [3.63, 3.8) is 0 Å². The van der Waals surface area contributed by atoms with Gasteiger partial charge in [0.1, 0.15) is 0 Å². The number of hydrogen-bond acceptors (Lipinski definition) is 4. The zero-order chi connectivity index (χ0) is 15.2. The second kappa shape index (κ2) is 6.95. The van der Waals surface area contributed by atoms with E-state index in [1.54, 1.807) is 6.92 Å². The molecule has 0 radical (unpaired) electrons. The summed E-state index contributed by atoms with van der Waals surface area (Å²) < 4.78 is 42.3. The lowest BCUT2D eigenvalue weighted by Gasteiger charge is -2.11. The third-order valence-electron chi connectivity index (χ3n) is 2.42. The van der Waals surface area contributed by atoms with Gasteiger partial charge in [0.25, 0.3) is 0 Å².